The summed E-state index contributed by atoms with van der Waals surface area (Å²) in [5, 5.41) is 22.4. The molecule has 0 aliphatic rings. The maximum Gasteiger partial charge on any atom is 0.407 e. The molecule has 23 heavy (non-hydrogen) atoms. The smallest absolute Gasteiger partial charge is 0.407 e. The van der Waals surface area contributed by atoms with Crippen LogP contribution in [0.25, 0.3) is 0 Å². The fourth-order valence-corrected chi connectivity index (χ4v) is 2.36. The molecular formula is C14H22N2O6S. The summed E-state index contributed by atoms with van der Waals surface area (Å²) in [7, 11) is 0. The van der Waals surface area contributed by atoms with Crippen LogP contribution >= 0.6 is 11.3 Å². The number of carbonyl (C=O) groups excluding carboxylic acids is 2. The van der Waals surface area contributed by atoms with Gasteiger partial charge in [-0.05, 0) is 27.7 Å². The number of rotatable bonds is 6. The van der Waals surface area contributed by atoms with Crippen LogP contribution in [0, 0.1) is 0 Å². The zero-order valence-electron chi connectivity index (χ0n) is 13.5. The van der Waals surface area contributed by atoms with Crippen molar-refractivity contribution in [3.05, 3.63) is 16.1 Å². The fourth-order valence-electron chi connectivity index (χ4n) is 1.50. The van der Waals surface area contributed by atoms with E-state index in [0.29, 0.717) is 0 Å². The van der Waals surface area contributed by atoms with E-state index in [1.54, 1.807) is 27.7 Å². The van der Waals surface area contributed by atoms with Gasteiger partial charge in [0.25, 0.3) is 0 Å². The number of amides is 1. The van der Waals surface area contributed by atoms with E-state index >= 15 is 0 Å². The fraction of sp³-hybridized carbons (Fsp3) is 0.643. The number of nitrogens with one attached hydrogen (secondary N) is 1. The third kappa shape index (κ3) is 6.51. The van der Waals surface area contributed by atoms with Gasteiger partial charge < -0.3 is 25.0 Å². The van der Waals surface area contributed by atoms with Crippen LogP contribution in [-0.4, -0.2) is 52.1 Å². The largest absolute Gasteiger partial charge is 0.462 e. The topological polar surface area (TPSA) is 118 Å². The molecule has 3 N–H and O–H groups in total. The molecule has 1 rings (SSSR count). The van der Waals surface area contributed by atoms with Gasteiger partial charge in [0.05, 0.1) is 12.8 Å². The predicted molar refractivity (Wildman–Crippen MR) is 83.3 cm³/mol. The summed E-state index contributed by atoms with van der Waals surface area (Å²) >= 11 is 0.922. The molecule has 2 atom stereocenters. The molecule has 0 fully saturated rings. The first kappa shape index (κ1) is 19.3. The number of aliphatic hydroxyl groups excluding tert-OH is 2. The van der Waals surface area contributed by atoms with Crippen LogP contribution in [0.3, 0.4) is 0 Å². The lowest BCUT2D eigenvalue weighted by molar-refractivity contribution is 0.0128. The highest BCUT2D eigenvalue weighted by Crippen LogP contribution is 2.23. The van der Waals surface area contributed by atoms with E-state index in [4.69, 9.17) is 9.47 Å². The minimum Gasteiger partial charge on any atom is -0.462 e. The minimum absolute atomic E-state index is 0.159. The van der Waals surface area contributed by atoms with Gasteiger partial charge in [-0.15, -0.1) is 11.3 Å². The Morgan fingerprint density at radius 1 is 1.39 bits per heavy atom. The maximum absolute atomic E-state index is 11.5. The second kappa shape index (κ2) is 8.23. The quantitative estimate of drug-likeness (QED) is 0.663. The standard InChI is InChI=1S/C14H22N2O6S/c1-5-21-12(19)9-7-15-11(23-9)10(18)8(17)6-16-13(20)22-14(2,3)4/h7-8,10,17-18H,5-6H2,1-4H3,(H,16,20). The summed E-state index contributed by atoms with van der Waals surface area (Å²) in [6.45, 7) is 6.83. The van der Waals surface area contributed by atoms with E-state index in [9.17, 15) is 19.8 Å². The molecule has 0 radical (unpaired) electrons. The summed E-state index contributed by atoms with van der Waals surface area (Å²) in [5.74, 6) is -0.537. The number of hydrogen-bond acceptors (Lipinski definition) is 8. The van der Waals surface area contributed by atoms with Gasteiger partial charge in [0.2, 0.25) is 0 Å². The maximum atomic E-state index is 11.5. The van der Waals surface area contributed by atoms with Crippen LogP contribution in [-0.2, 0) is 9.47 Å². The first-order chi connectivity index (χ1) is 10.6. The molecule has 130 valence electrons. The molecule has 0 bridgehead atoms. The molecule has 8 nitrogen and oxygen atoms in total. The van der Waals surface area contributed by atoms with Gasteiger partial charge in [-0.25, -0.2) is 14.6 Å². The van der Waals surface area contributed by atoms with Crippen LogP contribution in [0.5, 0.6) is 0 Å². The molecule has 0 saturated carbocycles. The first-order valence-electron chi connectivity index (χ1n) is 7.10. The van der Waals surface area contributed by atoms with Crippen molar-refractivity contribution in [3.63, 3.8) is 0 Å². The van der Waals surface area contributed by atoms with Crippen LogP contribution < -0.4 is 5.32 Å². The number of aromatic nitrogens is 1. The van der Waals surface area contributed by atoms with Crippen molar-refractivity contribution in [1.82, 2.24) is 10.3 Å². The number of nitrogens with zero attached hydrogens (tertiary/aromatic N) is 1. The van der Waals surface area contributed by atoms with Crippen LogP contribution in [0.1, 0.15) is 48.5 Å². The zero-order chi connectivity index (χ0) is 17.6. The lowest BCUT2D eigenvalue weighted by atomic mass is 10.2. The molecule has 1 amide bonds. The van der Waals surface area contributed by atoms with Crippen molar-refractivity contribution in [2.45, 2.75) is 45.5 Å². The van der Waals surface area contributed by atoms with Gasteiger partial charge in [0.1, 0.15) is 27.7 Å². The molecule has 2 unspecified atom stereocenters. The normalized spacial score (nSPS) is 14.0. The second-order valence-electron chi connectivity index (χ2n) is 5.68. The molecule has 9 heteroatoms. The summed E-state index contributed by atoms with van der Waals surface area (Å²) in [4.78, 5) is 27.1. The Bertz CT molecular complexity index is 540. The molecule has 0 aromatic carbocycles. The molecule has 0 aliphatic carbocycles. The third-order valence-corrected chi connectivity index (χ3v) is 3.52. The Morgan fingerprint density at radius 2 is 2.04 bits per heavy atom. The minimum atomic E-state index is -1.34. The van der Waals surface area contributed by atoms with E-state index in [0.717, 1.165) is 11.3 Å². The highest BCUT2D eigenvalue weighted by atomic mass is 32.1. The highest BCUT2D eigenvalue weighted by molar-refractivity contribution is 7.13. The number of alkyl carbamates (subject to hydrolysis) is 1. The average molecular weight is 346 g/mol. The monoisotopic (exact) mass is 346 g/mol. The summed E-state index contributed by atoms with van der Waals surface area (Å²) in [6.07, 6.45) is -2.05. The van der Waals surface area contributed by atoms with E-state index in [1.165, 1.54) is 6.20 Å². The van der Waals surface area contributed by atoms with Crippen molar-refractivity contribution in [3.8, 4) is 0 Å². The molecule has 1 aromatic heterocycles. The summed E-state index contributed by atoms with van der Waals surface area (Å²) in [6, 6.07) is 0. The molecular weight excluding hydrogens is 324 g/mol. The highest BCUT2D eigenvalue weighted by Gasteiger charge is 2.25. The van der Waals surface area contributed by atoms with Crippen LogP contribution in [0.15, 0.2) is 6.20 Å². The van der Waals surface area contributed by atoms with Crippen molar-refractivity contribution < 1.29 is 29.3 Å². The van der Waals surface area contributed by atoms with Gasteiger partial charge in [-0.3, -0.25) is 0 Å². The SMILES string of the molecule is CCOC(=O)c1cnc(C(O)C(O)CNC(=O)OC(C)(C)C)s1. The lowest BCUT2D eigenvalue weighted by Crippen LogP contribution is -2.38. The van der Waals surface area contributed by atoms with Gasteiger partial charge in [-0.1, -0.05) is 0 Å². The molecule has 1 aromatic rings. The number of ether oxygens (including phenoxy) is 2. The van der Waals surface area contributed by atoms with E-state index in [-0.39, 0.29) is 23.0 Å². The van der Waals surface area contributed by atoms with E-state index in [1.807, 2.05) is 0 Å². The number of thiazole rings is 1. The predicted octanol–water partition coefficient (Wildman–Crippen LogP) is 1.24. The van der Waals surface area contributed by atoms with Crippen molar-refractivity contribution in [2.75, 3.05) is 13.2 Å². The van der Waals surface area contributed by atoms with Crippen molar-refractivity contribution >= 4 is 23.4 Å². The Morgan fingerprint density at radius 3 is 2.61 bits per heavy atom. The zero-order valence-corrected chi connectivity index (χ0v) is 14.3. The summed E-state index contributed by atoms with van der Waals surface area (Å²) < 4.78 is 9.84. The Kier molecular flexibility index (Phi) is 6.92. The van der Waals surface area contributed by atoms with Crippen LogP contribution in [0.4, 0.5) is 4.79 Å². The Labute approximate surface area is 138 Å². The van der Waals surface area contributed by atoms with E-state index < -0.39 is 29.9 Å². The van der Waals surface area contributed by atoms with Gasteiger partial charge >= 0.3 is 12.1 Å². The summed E-state index contributed by atoms with van der Waals surface area (Å²) in [5.41, 5.74) is -0.655. The number of aliphatic hydroxyl groups is 2. The average Bonchev–Trinajstić information content (AvgIpc) is 2.92. The van der Waals surface area contributed by atoms with Gasteiger partial charge in [0.15, 0.2) is 0 Å². The number of hydrogen-bond donors (Lipinski definition) is 3. The van der Waals surface area contributed by atoms with Gasteiger partial charge in [-0.2, -0.15) is 0 Å². The van der Waals surface area contributed by atoms with E-state index in [2.05, 4.69) is 10.3 Å². The number of carbonyl (C=O) groups is 2. The van der Waals surface area contributed by atoms with Crippen molar-refractivity contribution in [1.29, 1.82) is 0 Å². The number of esters is 1. The van der Waals surface area contributed by atoms with Crippen molar-refractivity contribution in [2.24, 2.45) is 0 Å². The molecule has 0 aliphatic heterocycles. The second-order valence-corrected chi connectivity index (χ2v) is 6.74. The van der Waals surface area contributed by atoms with Crippen LogP contribution in [0.2, 0.25) is 0 Å². The van der Waals surface area contributed by atoms with Gasteiger partial charge in [0, 0.05) is 6.54 Å². The Hall–Kier alpha value is -1.71. The third-order valence-electron chi connectivity index (χ3n) is 2.47. The Balaban J connectivity index is 2.55. The molecule has 1 heterocycles. The first-order valence-corrected chi connectivity index (χ1v) is 7.91. The molecule has 0 spiro atoms. The lowest BCUT2D eigenvalue weighted by Gasteiger charge is -2.21. The molecule has 0 saturated heterocycles.